The topological polar surface area (TPSA) is 40.5 Å². The molecule has 0 radical (unpaired) electrons. The van der Waals surface area contributed by atoms with Gasteiger partial charge in [-0.25, -0.2) is 0 Å². The highest BCUT2D eigenvalue weighted by atomic mass is 16.3. The van der Waals surface area contributed by atoms with E-state index < -0.39 is 6.10 Å². The van der Waals surface area contributed by atoms with E-state index in [0.717, 1.165) is 13.0 Å². The number of carbonyl (C=O) groups is 1. The summed E-state index contributed by atoms with van der Waals surface area (Å²) in [6.45, 7) is 4.29. The van der Waals surface area contributed by atoms with Gasteiger partial charge in [0.2, 0.25) is 5.91 Å². The number of hydrogen-bond acceptors (Lipinski definition) is 2. The van der Waals surface area contributed by atoms with Crippen LogP contribution in [-0.2, 0) is 4.79 Å². The standard InChI is InChI=1S/C12H21NO2/c1-9(14)11-7-12(5-3-4-6-12)8-13(11)10(2)15/h9,11,14H,3-8H2,1-2H3/t9?,11-/m0/s1. The number of nitrogens with zero attached hydrogens (tertiary/aromatic N) is 1. The molecule has 0 aromatic rings. The van der Waals surface area contributed by atoms with Gasteiger partial charge in [0, 0.05) is 13.5 Å². The van der Waals surface area contributed by atoms with Crippen LogP contribution < -0.4 is 0 Å². The van der Waals surface area contributed by atoms with Crippen LogP contribution in [0.2, 0.25) is 0 Å². The Balaban J connectivity index is 2.14. The molecular formula is C12H21NO2. The van der Waals surface area contributed by atoms with Crippen LogP contribution >= 0.6 is 0 Å². The SMILES string of the molecule is CC(=O)N1CC2(CCCC2)C[C@H]1C(C)O. The maximum absolute atomic E-state index is 11.5. The predicted molar refractivity (Wildman–Crippen MR) is 58.4 cm³/mol. The molecule has 86 valence electrons. The van der Waals surface area contributed by atoms with Crippen LogP contribution in [0.3, 0.4) is 0 Å². The second kappa shape index (κ2) is 3.78. The van der Waals surface area contributed by atoms with Gasteiger partial charge < -0.3 is 10.0 Å². The summed E-state index contributed by atoms with van der Waals surface area (Å²) in [4.78, 5) is 13.4. The molecule has 1 saturated carbocycles. The van der Waals surface area contributed by atoms with E-state index in [1.54, 1.807) is 13.8 Å². The summed E-state index contributed by atoms with van der Waals surface area (Å²) in [5, 5.41) is 9.72. The van der Waals surface area contributed by atoms with Crippen molar-refractivity contribution in [3.8, 4) is 0 Å². The summed E-state index contributed by atoms with van der Waals surface area (Å²) in [6, 6.07) is 0.0561. The normalized spacial score (nSPS) is 31.1. The van der Waals surface area contributed by atoms with E-state index in [9.17, 15) is 9.90 Å². The van der Waals surface area contributed by atoms with Crippen LogP contribution in [0.25, 0.3) is 0 Å². The monoisotopic (exact) mass is 211 g/mol. The fraction of sp³-hybridized carbons (Fsp3) is 0.917. The zero-order chi connectivity index (χ0) is 11.1. The van der Waals surface area contributed by atoms with Crippen molar-refractivity contribution in [2.75, 3.05) is 6.54 Å². The molecule has 0 bridgehead atoms. The summed E-state index contributed by atoms with van der Waals surface area (Å²) in [7, 11) is 0. The highest BCUT2D eigenvalue weighted by Crippen LogP contribution is 2.48. The molecule has 2 rings (SSSR count). The van der Waals surface area contributed by atoms with Crippen molar-refractivity contribution in [2.45, 2.75) is 58.1 Å². The lowest BCUT2D eigenvalue weighted by Gasteiger charge is -2.25. The van der Waals surface area contributed by atoms with E-state index in [0.29, 0.717) is 5.41 Å². The molecule has 3 heteroatoms. The van der Waals surface area contributed by atoms with E-state index in [1.807, 2.05) is 4.90 Å². The Labute approximate surface area is 91.5 Å². The van der Waals surface area contributed by atoms with Crippen molar-refractivity contribution in [3.63, 3.8) is 0 Å². The summed E-state index contributed by atoms with van der Waals surface area (Å²) >= 11 is 0. The molecule has 0 aromatic heterocycles. The highest BCUT2D eigenvalue weighted by Gasteiger charge is 2.47. The molecule has 15 heavy (non-hydrogen) atoms. The van der Waals surface area contributed by atoms with Gasteiger partial charge in [-0.2, -0.15) is 0 Å². The van der Waals surface area contributed by atoms with Crippen molar-refractivity contribution < 1.29 is 9.90 Å². The van der Waals surface area contributed by atoms with Crippen molar-refractivity contribution >= 4 is 5.91 Å². The number of likely N-dealkylation sites (tertiary alicyclic amines) is 1. The van der Waals surface area contributed by atoms with Gasteiger partial charge in [0.05, 0.1) is 12.1 Å². The molecule has 1 amide bonds. The fourth-order valence-corrected chi connectivity index (χ4v) is 3.36. The average molecular weight is 211 g/mol. The van der Waals surface area contributed by atoms with Crippen LogP contribution in [0.5, 0.6) is 0 Å². The summed E-state index contributed by atoms with van der Waals surface area (Å²) in [6.07, 6.45) is 5.66. The number of amides is 1. The summed E-state index contributed by atoms with van der Waals surface area (Å²) in [5.74, 6) is 0.115. The van der Waals surface area contributed by atoms with Crippen LogP contribution in [0.15, 0.2) is 0 Å². The van der Waals surface area contributed by atoms with Gasteiger partial charge >= 0.3 is 0 Å². The molecule has 3 nitrogen and oxygen atoms in total. The van der Waals surface area contributed by atoms with Crippen molar-refractivity contribution in [2.24, 2.45) is 5.41 Å². The number of rotatable bonds is 1. The Hall–Kier alpha value is -0.570. The molecular weight excluding hydrogens is 190 g/mol. The van der Waals surface area contributed by atoms with Gasteiger partial charge in [-0.3, -0.25) is 4.79 Å². The first-order valence-electron chi connectivity index (χ1n) is 5.99. The minimum atomic E-state index is -0.395. The smallest absolute Gasteiger partial charge is 0.219 e. The van der Waals surface area contributed by atoms with Crippen molar-refractivity contribution in [1.29, 1.82) is 0 Å². The number of aliphatic hydroxyl groups is 1. The first kappa shape index (κ1) is 10.9. The minimum absolute atomic E-state index is 0.0561. The quantitative estimate of drug-likeness (QED) is 0.715. The molecule has 2 aliphatic rings. The zero-order valence-electron chi connectivity index (χ0n) is 9.70. The molecule has 1 aliphatic carbocycles. The summed E-state index contributed by atoms with van der Waals surface area (Å²) in [5.41, 5.74) is 0.341. The summed E-state index contributed by atoms with van der Waals surface area (Å²) < 4.78 is 0. The van der Waals surface area contributed by atoms with Crippen molar-refractivity contribution in [1.82, 2.24) is 4.90 Å². The second-order valence-corrected chi connectivity index (χ2v) is 5.37. The lowest BCUT2D eigenvalue weighted by atomic mass is 9.83. The Morgan fingerprint density at radius 3 is 2.47 bits per heavy atom. The van der Waals surface area contributed by atoms with Crippen LogP contribution in [0.1, 0.15) is 46.0 Å². The lowest BCUT2D eigenvalue weighted by molar-refractivity contribution is -0.131. The Morgan fingerprint density at radius 1 is 1.47 bits per heavy atom. The highest BCUT2D eigenvalue weighted by molar-refractivity contribution is 5.74. The first-order valence-corrected chi connectivity index (χ1v) is 5.99. The van der Waals surface area contributed by atoms with Crippen LogP contribution in [0, 0.1) is 5.41 Å². The van der Waals surface area contributed by atoms with Crippen LogP contribution in [-0.4, -0.2) is 34.6 Å². The third-order valence-electron chi connectivity index (χ3n) is 4.17. The van der Waals surface area contributed by atoms with E-state index in [-0.39, 0.29) is 11.9 Å². The van der Waals surface area contributed by atoms with E-state index in [2.05, 4.69) is 0 Å². The maximum Gasteiger partial charge on any atom is 0.219 e. The van der Waals surface area contributed by atoms with Crippen molar-refractivity contribution in [3.05, 3.63) is 0 Å². The molecule has 0 aromatic carbocycles. The number of aliphatic hydroxyl groups excluding tert-OH is 1. The Morgan fingerprint density at radius 2 is 2.07 bits per heavy atom. The number of carbonyl (C=O) groups excluding carboxylic acids is 1. The molecule has 1 heterocycles. The molecule has 1 unspecified atom stereocenters. The first-order chi connectivity index (χ1) is 7.04. The van der Waals surface area contributed by atoms with Gasteiger partial charge in [0.25, 0.3) is 0 Å². The molecule has 1 saturated heterocycles. The average Bonchev–Trinajstić information content (AvgIpc) is 2.74. The van der Waals surface area contributed by atoms with Gasteiger partial charge in [-0.15, -0.1) is 0 Å². The van der Waals surface area contributed by atoms with Crippen LogP contribution in [0.4, 0.5) is 0 Å². The Kier molecular flexibility index (Phi) is 2.75. The molecule has 1 spiro atoms. The molecule has 1 aliphatic heterocycles. The van der Waals surface area contributed by atoms with E-state index >= 15 is 0 Å². The molecule has 2 fully saturated rings. The largest absolute Gasteiger partial charge is 0.391 e. The lowest BCUT2D eigenvalue weighted by Crippen LogP contribution is -2.40. The second-order valence-electron chi connectivity index (χ2n) is 5.37. The third kappa shape index (κ3) is 1.89. The van der Waals surface area contributed by atoms with Gasteiger partial charge in [0.1, 0.15) is 0 Å². The zero-order valence-corrected chi connectivity index (χ0v) is 9.70. The Bertz CT molecular complexity index is 256. The maximum atomic E-state index is 11.5. The minimum Gasteiger partial charge on any atom is -0.391 e. The third-order valence-corrected chi connectivity index (χ3v) is 4.17. The fourth-order valence-electron chi connectivity index (χ4n) is 3.36. The number of hydrogen-bond donors (Lipinski definition) is 1. The van der Waals surface area contributed by atoms with Gasteiger partial charge in [-0.1, -0.05) is 12.8 Å². The molecule has 1 N–H and O–H groups in total. The predicted octanol–water partition coefficient (Wildman–Crippen LogP) is 1.55. The van der Waals surface area contributed by atoms with Gasteiger partial charge in [-0.05, 0) is 31.6 Å². The van der Waals surface area contributed by atoms with E-state index in [4.69, 9.17) is 0 Å². The molecule has 2 atom stereocenters. The van der Waals surface area contributed by atoms with Gasteiger partial charge in [0.15, 0.2) is 0 Å². The van der Waals surface area contributed by atoms with E-state index in [1.165, 1.54) is 25.7 Å².